The van der Waals surface area contributed by atoms with Crippen LogP contribution in [0.15, 0.2) is 36.5 Å². The molecular weight excluding hydrogens is 362 g/mol. The highest BCUT2D eigenvalue weighted by molar-refractivity contribution is 5.86. The summed E-state index contributed by atoms with van der Waals surface area (Å²) in [6, 6.07) is 10.6. The van der Waals surface area contributed by atoms with E-state index in [0.717, 1.165) is 37.3 Å². The fraction of sp³-hybridized carbons (Fsp3) is 0.417. The average Bonchev–Trinajstić information content (AvgIpc) is 2.99. The van der Waals surface area contributed by atoms with Crippen molar-refractivity contribution >= 4 is 16.9 Å². The van der Waals surface area contributed by atoms with Gasteiger partial charge in [-0.15, -0.1) is 0 Å². The topological polar surface area (TPSA) is 58.4 Å². The Hall–Kier alpha value is -2.66. The maximum atomic E-state index is 11.6. The summed E-state index contributed by atoms with van der Waals surface area (Å²) in [5, 5.41) is 10.9. The Labute approximate surface area is 172 Å². The molecule has 0 radical (unpaired) electrons. The molecule has 1 aliphatic heterocycles. The smallest absolute Gasteiger partial charge is 0.304 e. The zero-order valence-corrected chi connectivity index (χ0v) is 17.5. The van der Waals surface area contributed by atoms with E-state index in [1.165, 1.54) is 27.7 Å². The van der Waals surface area contributed by atoms with Crippen LogP contribution >= 0.6 is 0 Å². The molecule has 0 bridgehead atoms. The number of aliphatic carboxylic acids is 1. The van der Waals surface area contributed by atoms with Crippen molar-refractivity contribution in [3.05, 3.63) is 64.6 Å². The number of benzene rings is 1. The van der Waals surface area contributed by atoms with Crippen molar-refractivity contribution < 1.29 is 9.90 Å². The molecule has 0 aliphatic carbocycles. The monoisotopic (exact) mass is 391 g/mol. The number of aryl methyl sites for hydroxylation is 2. The van der Waals surface area contributed by atoms with Gasteiger partial charge in [0.1, 0.15) is 0 Å². The Morgan fingerprint density at radius 3 is 2.79 bits per heavy atom. The molecule has 2 aromatic heterocycles. The van der Waals surface area contributed by atoms with Crippen LogP contribution in [-0.4, -0.2) is 38.6 Å². The Balaban J connectivity index is 1.81. The third-order valence-electron chi connectivity index (χ3n) is 6.15. The minimum absolute atomic E-state index is 0.0839. The van der Waals surface area contributed by atoms with Gasteiger partial charge in [-0.3, -0.25) is 14.7 Å². The maximum Gasteiger partial charge on any atom is 0.304 e. The van der Waals surface area contributed by atoms with Gasteiger partial charge < -0.3 is 9.67 Å². The number of pyridine rings is 1. The van der Waals surface area contributed by atoms with Gasteiger partial charge >= 0.3 is 5.97 Å². The van der Waals surface area contributed by atoms with Crippen molar-refractivity contribution in [1.29, 1.82) is 0 Å². The standard InChI is InChI=1S/C24H29N3O2/c1-4-26-10-8-23-21(15-26)20-11-16(2)5-6-22(20)27(23)14-19(13-24(28)29)18-7-9-25-17(3)12-18/h5-7,9,11-12,19H,4,8,10,13-15H2,1-3H3,(H,28,29). The Kier molecular flexibility index (Phi) is 5.41. The van der Waals surface area contributed by atoms with Crippen molar-refractivity contribution in [3.63, 3.8) is 0 Å². The van der Waals surface area contributed by atoms with Crippen molar-refractivity contribution in [2.45, 2.75) is 52.6 Å². The van der Waals surface area contributed by atoms with Gasteiger partial charge in [0, 0.05) is 60.5 Å². The lowest BCUT2D eigenvalue weighted by atomic mass is 9.95. The van der Waals surface area contributed by atoms with Gasteiger partial charge in [0.05, 0.1) is 6.42 Å². The number of aromatic nitrogens is 2. The van der Waals surface area contributed by atoms with Gasteiger partial charge in [-0.2, -0.15) is 0 Å². The molecule has 0 spiro atoms. The van der Waals surface area contributed by atoms with E-state index in [1.54, 1.807) is 6.20 Å². The SMILES string of the molecule is CCN1CCc2c(c3cc(C)ccc3n2CC(CC(=O)O)c2ccnc(C)c2)C1. The number of carboxylic acids is 1. The summed E-state index contributed by atoms with van der Waals surface area (Å²) in [5.74, 6) is -0.845. The normalized spacial score (nSPS) is 15.4. The predicted molar refractivity (Wildman–Crippen MR) is 115 cm³/mol. The van der Waals surface area contributed by atoms with E-state index in [1.807, 2.05) is 19.1 Å². The number of hydrogen-bond acceptors (Lipinski definition) is 3. The third-order valence-corrected chi connectivity index (χ3v) is 6.15. The number of rotatable bonds is 6. The second-order valence-electron chi connectivity index (χ2n) is 8.20. The van der Waals surface area contributed by atoms with Crippen LogP contribution < -0.4 is 0 Å². The van der Waals surface area contributed by atoms with Crippen LogP contribution in [-0.2, 0) is 24.3 Å². The molecule has 0 fully saturated rings. The van der Waals surface area contributed by atoms with Gasteiger partial charge in [0.15, 0.2) is 0 Å². The highest BCUT2D eigenvalue weighted by Gasteiger charge is 2.26. The third kappa shape index (κ3) is 3.92. The fourth-order valence-electron chi connectivity index (χ4n) is 4.64. The van der Waals surface area contributed by atoms with E-state index in [2.05, 4.69) is 46.5 Å². The average molecular weight is 392 g/mol. The van der Waals surface area contributed by atoms with Crippen molar-refractivity contribution in [2.24, 2.45) is 0 Å². The largest absolute Gasteiger partial charge is 0.481 e. The minimum Gasteiger partial charge on any atom is -0.481 e. The zero-order chi connectivity index (χ0) is 20.5. The first-order chi connectivity index (χ1) is 14.0. The maximum absolute atomic E-state index is 11.6. The molecule has 0 saturated carbocycles. The zero-order valence-electron chi connectivity index (χ0n) is 17.5. The van der Waals surface area contributed by atoms with Crippen LogP contribution in [0.4, 0.5) is 0 Å². The second kappa shape index (κ2) is 7.99. The molecule has 5 nitrogen and oxygen atoms in total. The van der Waals surface area contributed by atoms with Gasteiger partial charge in [-0.25, -0.2) is 0 Å². The molecule has 0 saturated heterocycles. The van der Waals surface area contributed by atoms with Crippen molar-refractivity contribution in [1.82, 2.24) is 14.5 Å². The first kappa shape index (κ1) is 19.6. The van der Waals surface area contributed by atoms with E-state index < -0.39 is 5.97 Å². The lowest BCUT2D eigenvalue weighted by Crippen LogP contribution is -2.31. The molecule has 1 aliphatic rings. The van der Waals surface area contributed by atoms with Crippen LogP contribution in [0.5, 0.6) is 0 Å². The molecule has 4 rings (SSSR count). The molecule has 152 valence electrons. The minimum atomic E-state index is -0.761. The Morgan fingerprint density at radius 1 is 1.24 bits per heavy atom. The van der Waals surface area contributed by atoms with E-state index in [0.29, 0.717) is 6.54 Å². The van der Waals surface area contributed by atoms with Crippen molar-refractivity contribution in [2.75, 3.05) is 13.1 Å². The first-order valence-electron chi connectivity index (χ1n) is 10.4. The number of fused-ring (bicyclic) bond motifs is 3. The summed E-state index contributed by atoms with van der Waals surface area (Å²) < 4.78 is 2.39. The second-order valence-corrected chi connectivity index (χ2v) is 8.20. The molecular formula is C24H29N3O2. The Bertz CT molecular complexity index is 1050. The van der Waals surface area contributed by atoms with Crippen LogP contribution in [0.3, 0.4) is 0 Å². The van der Waals surface area contributed by atoms with E-state index in [9.17, 15) is 9.90 Å². The van der Waals surface area contributed by atoms with E-state index in [-0.39, 0.29) is 12.3 Å². The summed E-state index contributed by atoms with van der Waals surface area (Å²) in [4.78, 5) is 18.4. The van der Waals surface area contributed by atoms with Crippen LogP contribution in [0, 0.1) is 13.8 Å². The summed E-state index contributed by atoms with van der Waals surface area (Å²) in [5.41, 5.74) is 7.24. The van der Waals surface area contributed by atoms with Crippen LogP contribution in [0.1, 0.15) is 47.3 Å². The predicted octanol–water partition coefficient (Wildman–Crippen LogP) is 4.29. The quantitative estimate of drug-likeness (QED) is 0.681. The molecule has 1 N–H and O–H groups in total. The number of carbonyl (C=O) groups is 1. The van der Waals surface area contributed by atoms with E-state index in [4.69, 9.17) is 0 Å². The summed E-state index contributed by atoms with van der Waals surface area (Å²) in [6.45, 7) is 10.1. The Morgan fingerprint density at radius 2 is 2.07 bits per heavy atom. The van der Waals surface area contributed by atoms with Crippen LogP contribution in [0.25, 0.3) is 10.9 Å². The van der Waals surface area contributed by atoms with Gasteiger partial charge in [-0.05, 0) is 55.8 Å². The van der Waals surface area contributed by atoms with Gasteiger partial charge in [-0.1, -0.05) is 18.6 Å². The summed E-state index contributed by atoms with van der Waals surface area (Å²) >= 11 is 0. The lowest BCUT2D eigenvalue weighted by molar-refractivity contribution is -0.137. The molecule has 29 heavy (non-hydrogen) atoms. The molecule has 0 amide bonds. The van der Waals surface area contributed by atoms with Crippen molar-refractivity contribution in [3.8, 4) is 0 Å². The van der Waals surface area contributed by atoms with Gasteiger partial charge in [0.25, 0.3) is 0 Å². The molecule has 1 aromatic carbocycles. The highest BCUT2D eigenvalue weighted by atomic mass is 16.4. The number of nitrogens with zero attached hydrogens (tertiary/aromatic N) is 3. The number of hydrogen-bond donors (Lipinski definition) is 1. The molecule has 3 aromatic rings. The summed E-state index contributed by atoms with van der Waals surface area (Å²) in [6.07, 6.45) is 2.90. The lowest BCUT2D eigenvalue weighted by Gasteiger charge is -2.27. The first-order valence-corrected chi connectivity index (χ1v) is 10.4. The molecule has 5 heteroatoms. The summed E-state index contributed by atoms with van der Waals surface area (Å²) in [7, 11) is 0. The fourth-order valence-corrected chi connectivity index (χ4v) is 4.64. The molecule has 3 heterocycles. The number of carboxylic acid groups (broad SMARTS) is 1. The van der Waals surface area contributed by atoms with E-state index >= 15 is 0 Å². The van der Waals surface area contributed by atoms with Crippen LogP contribution in [0.2, 0.25) is 0 Å². The van der Waals surface area contributed by atoms with Gasteiger partial charge in [0.2, 0.25) is 0 Å². The highest BCUT2D eigenvalue weighted by Crippen LogP contribution is 2.34. The molecule has 1 atom stereocenters. The number of likely N-dealkylation sites (N-methyl/N-ethyl adjacent to an activating group) is 1. The molecule has 1 unspecified atom stereocenters.